The number of aromatic nitrogens is 1. The Morgan fingerprint density at radius 3 is 2.13 bits per heavy atom. The van der Waals surface area contributed by atoms with Gasteiger partial charge in [0.2, 0.25) is 0 Å². The van der Waals surface area contributed by atoms with Gasteiger partial charge in [0.15, 0.2) is 5.78 Å². The van der Waals surface area contributed by atoms with E-state index in [4.69, 9.17) is 4.98 Å². The minimum atomic E-state index is -0.337. The molecule has 3 aromatic carbocycles. The fraction of sp³-hybridized carbons (Fsp3) is 0.429. The Morgan fingerprint density at radius 1 is 0.855 bits per heavy atom. The number of hydrogen-bond donors (Lipinski definition) is 1. The molecule has 6 rings (SSSR count). The number of ketones is 1. The van der Waals surface area contributed by atoms with Crippen molar-refractivity contribution in [2.45, 2.75) is 121 Å². The zero-order valence-electron chi connectivity index (χ0n) is 35.0. The molecular formula is C49H60IrNO2S2-. The third-order valence-corrected chi connectivity index (χ3v) is 13.8. The number of aliphatic hydroxyl groups is 1. The molecule has 3 aromatic heterocycles. The first-order valence-corrected chi connectivity index (χ1v) is 21.5. The summed E-state index contributed by atoms with van der Waals surface area (Å²) < 4.78 is 1.38. The predicted molar refractivity (Wildman–Crippen MR) is 237 cm³/mol. The van der Waals surface area contributed by atoms with Crippen LogP contribution in [0.5, 0.6) is 0 Å². The number of hydrogen-bond acceptors (Lipinski definition) is 5. The number of carbonyl (C=O) groups excluding carboxylic acids is 1. The van der Waals surface area contributed by atoms with E-state index in [2.05, 4.69) is 114 Å². The average Bonchev–Trinajstić information content (AvgIpc) is 3.76. The third-order valence-electron chi connectivity index (χ3n) is 11.8. The van der Waals surface area contributed by atoms with Gasteiger partial charge in [0, 0.05) is 57.7 Å². The first kappa shape index (κ1) is 44.6. The smallest absolute Gasteiger partial charge is 0.164 e. The summed E-state index contributed by atoms with van der Waals surface area (Å²) in [5.41, 5.74) is 6.83. The van der Waals surface area contributed by atoms with Crippen LogP contribution in [0.4, 0.5) is 0 Å². The molecule has 0 saturated carbocycles. The second-order valence-corrected chi connectivity index (χ2v) is 19.1. The minimum absolute atomic E-state index is 0. The molecule has 0 aliphatic heterocycles. The fourth-order valence-electron chi connectivity index (χ4n) is 7.10. The van der Waals surface area contributed by atoms with E-state index in [1.807, 2.05) is 52.9 Å². The van der Waals surface area contributed by atoms with Crippen LogP contribution in [0.15, 0.2) is 77.9 Å². The molecule has 0 unspecified atom stereocenters. The SMILES string of the molecule is CCC(C)(CC)C(=O)/C=C(\O)C(C)(CC)CC.Cc1sc2ccc(-c3cc(-c4[c-]c5ccccc5c(C(C)(C)C)c4)nc4sccc34)cc2c1CC(C)C.[Ir]. The molecule has 1 radical (unpaired) electrons. The number of fused-ring (bicyclic) bond motifs is 3. The van der Waals surface area contributed by atoms with Crippen LogP contribution in [0.3, 0.4) is 0 Å². The summed E-state index contributed by atoms with van der Waals surface area (Å²) >= 11 is 3.63. The summed E-state index contributed by atoms with van der Waals surface area (Å²) in [5.74, 6) is 0.922. The summed E-state index contributed by atoms with van der Waals surface area (Å²) in [5, 5.41) is 17.3. The molecule has 1 N–H and O–H groups in total. The Bertz CT molecular complexity index is 2290. The van der Waals surface area contributed by atoms with Crippen LogP contribution in [-0.2, 0) is 36.7 Å². The summed E-state index contributed by atoms with van der Waals surface area (Å²) in [6.07, 6.45) is 5.87. The van der Waals surface area contributed by atoms with E-state index < -0.39 is 0 Å². The average molecular weight is 951 g/mol. The van der Waals surface area contributed by atoms with E-state index in [0.717, 1.165) is 53.6 Å². The number of pyridine rings is 1. The molecular weight excluding hydrogens is 891 g/mol. The Morgan fingerprint density at radius 2 is 1.51 bits per heavy atom. The van der Waals surface area contributed by atoms with E-state index in [1.54, 1.807) is 11.3 Å². The second-order valence-electron chi connectivity index (χ2n) is 17.0. The van der Waals surface area contributed by atoms with Crippen molar-refractivity contribution in [2.24, 2.45) is 16.7 Å². The summed E-state index contributed by atoms with van der Waals surface area (Å²) in [6, 6.07) is 26.1. The summed E-state index contributed by atoms with van der Waals surface area (Å²) in [4.78, 5) is 19.8. The van der Waals surface area contributed by atoms with Gasteiger partial charge >= 0.3 is 0 Å². The number of allylic oxidation sites excluding steroid dienone is 2. The Balaban J connectivity index is 0.000000320. The molecule has 0 saturated heterocycles. The molecule has 55 heavy (non-hydrogen) atoms. The Hall–Kier alpha value is -3.15. The summed E-state index contributed by atoms with van der Waals surface area (Å²) in [6.45, 7) is 25.8. The maximum Gasteiger partial charge on any atom is 0.164 e. The number of nitrogens with zero attached hydrogens (tertiary/aromatic N) is 1. The van der Waals surface area contributed by atoms with Gasteiger partial charge in [-0.1, -0.05) is 117 Å². The topological polar surface area (TPSA) is 50.2 Å². The quantitative estimate of drug-likeness (QED) is 0.0800. The van der Waals surface area contributed by atoms with Crippen LogP contribution in [0.2, 0.25) is 0 Å². The zero-order chi connectivity index (χ0) is 39.6. The fourth-order valence-corrected chi connectivity index (χ4v) is 8.96. The number of benzene rings is 3. The van der Waals surface area contributed by atoms with Gasteiger partial charge in [0.1, 0.15) is 10.6 Å². The van der Waals surface area contributed by atoms with Gasteiger partial charge in [-0.25, -0.2) is 0 Å². The van der Waals surface area contributed by atoms with E-state index in [-0.39, 0.29) is 47.9 Å². The Labute approximate surface area is 352 Å². The van der Waals surface area contributed by atoms with E-state index in [9.17, 15) is 9.90 Å². The van der Waals surface area contributed by atoms with Crippen LogP contribution in [0.25, 0.3) is 53.5 Å². The first-order chi connectivity index (χ1) is 25.5. The van der Waals surface area contributed by atoms with E-state index in [1.165, 1.54) is 54.1 Å². The number of aliphatic hydroxyl groups excluding tert-OH is 1. The van der Waals surface area contributed by atoms with Crippen molar-refractivity contribution >= 4 is 59.5 Å². The molecule has 0 atom stereocenters. The van der Waals surface area contributed by atoms with Crippen LogP contribution < -0.4 is 0 Å². The van der Waals surface area contributed by atoms with Gasteiger partial charge in [-0.2, -0.15) is 0 Å². The molecule has 6 aromatic rings. The number of rotatable bonds is 11. The Kier molecular flexibility index (Phi) is 14.6. The predicted octanol–water partition coefficient (Wildman–Crippen LogP) is 15.3. The van der Waals surface area contributed by atoms with Crippen molar-refractivity contribution in [3.63, 3.8) is 0 Å². The molecule has 0 amide bonds. The largest absolute Gasteiger partial charge is 0.512 e. The third kappa shape index (κ3) is 9.53. The zero-order valence-corrected chi connectivity index (χ0v) is 39.0. The van der Waals surface area contributed by atoms with Crippen molar-refractivity contribution in [3.8, 4) is 22.4 Å². The van der Waals surface area contributed by atoms with Gasteiger partial charge < -0.3 is 5.11 Å². The van der Waals surface area contributed by atoms with Crippen LogP contribution >= 0.6 is 22.7 Å². The maximum atomic E-state index is 12.2. The standard InChI is InChI=1S/C34H32NS2.C15H28O2.Ir/c1-20(2)15-27-21(3)37-32-12-11-23(17-29(27)32)28-19-31(35-33-26(28)13-14-36-33)24-16-22-9-7-8-10-25(22)30(18-24)34(4,5)6;1-7-14(5,8-2)12(16)11-13(17)15(6,9-3)10-4;/h7-14,17-20H,15H2,1-6H3;11,16H,7-10H2,1-6H3;/q-1;;/b;12-11-;. The van der Waals surface area contributed by atoms with Crippen LogP contribution in [0.1, 0.15) is 118 Å². The number of thiophene rings is 2. The normalized spacial score (nSPS) is 12.6. The van der Waals surface area contributed by atoms with Gasteiger partial charge in [-0.3, -0.25) is 9.78 Å². The maximum absolute atomic E-state index is 12.2. The van der Waals surface area contributed by atoms with Crippen molar-refractivity contribution < 1.29 is 30.0 Å². The number of aryl methyl sites for hydroxylation is 1. The van der Waals surface area contributed by atoms with Crippen LogP contribution in [-0.4, -0.2) is 15.9 Å². The molecule has 6 heteroatoms. The molecule has 0 fully saturated rings. The second kappa shape index (κ2) is 18.0. The molecule has 295 valence electrons. The summed E-state index contributed by atoms with van der Waals surface area (Å²) in [7, 11) is 0. The van der Waals surface area contributed by atoms with Gasteiger partial charge in [0.05, 0.1) is 0 Å². The van der Waals surface area contributed by atoms with Gasteiger partial charge in [0.25, 0.3) is 0 Å². The molecule has 0 aliphatic carbocycles. The van der Waals surface area contributed by atoms with Gasteiger partial charge in [-0.15, -0.1) is 51.8 Å². The monoisotopic (exact) mass is 951 g/mol. The van der Waals surface area contributed by atoms with E-state index in [0.29, 0.717) is 5.92 Å². The minimum Gasteiger partial charge on any atom is -0.512 e. The molecule has 0 spiro atoms. The molecule has 0 bridgehead atoms. The molecule has 3 nitrogen and oxygen atoms in total. The molecule has 3 heterocycles. The van der Waals surface area contributed by atoms with E-state index >= 15 is 0 Å². The molecule has 0 aliphatic rings. The van der Waals surface area contributed by atoms with Crippen LogP contribution in [0, 0.1) is 29.7 Å². The number of carbonyl (C=O) groups is 1. The first-order valence-electron chi connectivity index (χ1n) is 19.8. The van der Waals surface area contributed by atoms with Gasteiger partial charge in [-0.05, 0) is 96.0 Å². The van der Waals surface area contributed by atoms with Crippen molar-refractivity contribution in [2.75, 3.05) is 0 Å². The van der Waals surface area contributed by atoms with Crippen molar-refractivity contribution in [1.29, 1.82) is 0 Å². The van der Waals surface area contributed by atoms with Crippen molar-refractivity contribution in [1.82, 2.24) is 4.98 Å². The van der Waals surface area contributed by atoms with Crippen molar-refractivity contribution in [3.05, 3.63) is 99.9 Å².